The summed E-state index contributed by atoms with van der Waals surface area (Å²) in [5.41, 5.74) is 13.1. The van der Waals surface area contributed by atoms with Crippen molar-refractivity contribution in [3.8, 4) is 0 Å². The minimum atomic E-state index is -0.436. The van der Waals surface area contributed by atoms with Gasteiger partial charge >= 0.3 is 6.03 Å². The van der Waals surface area contributed by atoms with Crippen molar-refractivity contribution in [3.63, 3.8) is 0 Å². The molecule has 0 unspecified atom stereocenters. The van der Waals surface area contributed by atoms with Gasteiger partial charge in [-0.05, 0) is 98.6 Å². The third-order valence-corrected chi connectivity index (χ3v) is 4.94. The summed E-state index contributed by atoms with van der Waals surface area (Å²) >= 11 is 3.03. The van der Waals surface area contributed by atoms with Gasteiger partial charge in [-0.1, -0.05) is 18.2 Å². The number of primary amides is 1. The first-order valence-corrected chi connectivity index (χ1v) is 10.1. The Morgan fingerprint density at radius 1 is 1.11 bits per heavy atom. The van der Waals surface area contributed by atoms with E-state index in [1.807, 2.05) is 12.1 Å². The van der Waals surface area contributed by atoms with Crippen LogP contribution in [-0.4, -0.2) is 25.0 Å². The summed E-state index contributed by atoms with van der Waals surface area (Å²) in [6.45, 7) is 0.977. The molecule has 6 heteroatoms. The lowest BCUT2D eigenvalue weighted by atomic mass is 9.99. The van der Waals surface area contributed by atoms with Crippen LogP contribution in [0.25, 0.3) is 0 Å². The number of rotatable bonds is 3. The zero-order chi connectivity index (χ0) is 20.5. The predicted octanol–water partition coefficient (Wildman–Crippen LogP) is 3.29. The maximum absolute atomic E-state index is 11.1. The van der Waals surface area contributed by atoms with Crippen LogP contribution in [0.15, 0.2) is 24.3 Å². The Morgan fingerprint density at radius 3 is 2.18 bits per heavy atom. The smallest absolute Gasteiger partial charge is 0.316 e. The van der Waals surface area contributed by atoms with Gasteiger partial charge in [0.15, 0.2) is 0 Å². The number of hydrogen-bond donors (Lipinski definition) is 4. The van der Waals surface area contributed by atoms with Gasteiger partial charge in [-0.2, -0.15) is 0 Å². The van der Waals surface area contributed by atoms with E-state index in [0.29, 0.717) is 0 Å². The molecular formula is C22H30N4OS. The predicted molar refractivity (Wildman–Crippen MR) is 118 cm³/mol. The van der Waals surface area contributed by atoms with Crippen molar-refractivity contribution in [1.82, 2.24) is 4.90 Å². The largest absolute Gasteiger partial charge is 0.351 e. The standard InChI is InChI=1S/C13H16N2O.C9H11N.H3NS/c14-13(16)15-12-10-5-1-3-8(10)7-9-4-2-6-11(9)12;1-10(2)8-9-6-4-3-5-7-9;1-2/h7H,1-6H2,(H3,14,15,16);4,6-7H,8H2,1-2H3;2H,1H2. The topological polar surface area (TPSA) is 84.4 Å². The van der Waals surface area contributed by atoms with E-state index >= 15 is 0 Å². The highest BCUT2D eigenvalue weighted by Crippen LogP contribution is 2.38. The summed E-state index contributed by atoms with van der Waals surface area (Å²) in [6, 6.07) is 13.6. The van der Waals surface area contributed by atoms with Gasteiger partial charge in [0, 0.05) is 12.2 Å². The quantitative estimate of drug-likeness (QED) is 0.599. The van der Waals surface area contributed by atoms with Crippen LogP contribution in [0.4, 0.5) is 10.5 Å². The van der Waals surface area contributed by atoms with Crippen LogP contribution in [0.1, 0.15) is 40.7 Å². The summed E-state index contributed by atoms with van der Waals surface area (Å²) in [5, 5.41) is 7.04. The highest BCUT2D eigenvalue weighted by molar-refractivity contribution is 7.77. The van der Waals surface area contributed by atoms with E-state index in [1.165, 1.54) is 40.7 Å². The Hall–Kier alpha value is -2.20. The highest BCUT2D eigenvalue weighted by atomic mass is 32.1. The molecule has 150 valence electrons. The van der Waals surface area contributed by atoms with Gasteiger partial charge in [-0.15, -0.1) is 12.8 Å². The van der Waals surface area contributed by atoms with Crippen LogP contribution < -0.4 is 16.2 Å². The number of nitrogens with one attached hydrogen (secondary N) is 1. The molecule has 2 amide bonds. The van der Waals surface area contributed by atoms with Gasteiger partial charge in [0.1, 0.15) is 0 Å². The molecule has 0 atom stereocenters. The fourth-order valence-corrected chi connectivity index (χ4v) is 3.93. The van der Waals surface area contributed by atoms with E-state index in [2.05, 4.69) is 66.5 Å². The maximum Gasteiger partial charge on any atom is 0.316 e. The van der Waals surface area contributed by atoms with Crippen molar-refractivity contribution in [2.45, 2.75) is 45.1 Å². The van der Waals surface area contributed by atoms with E-state index in [1.54, 1.807) is 0 Å². The fraction of sp³-hybridized carbons (Fsp3) is 0.409. The number of anilines is 1. The first-order chi connectivity index (χ1) is 13.5. The number of nitrogens with zero attached hydrogens (tertiary/aromatic N) is 1. The van der Waals surface area contributed by atoms with Gasteiger partial charge in [-0.3, -0.25) is 5.14 Å². The summed E-state index contributed by atoms with van der Waals surface area (Å²) in [7, 11) is 4.10. The summed E-state index contributed by atoms with van der Waals surface area (Å²) in [6.07, 6.45) is 6.86. The minimum Gasteiger partial charge on any atom is -0.351 e. The Kier molecular flexibility index (Phi) is 8.65. The second kappa shape index (κ2) is 11.0. The van der Waals surface area contributed by atoms with Crippen molar-refractivity contribution in [3.05, 3.63) is 64.2 Å². The first kappa shape index (κ1) is 22.1. The number of carbonyl (C=O) groups is 1. The zero-order valence-corrected chi connectivity index (χ0v) is 17.6. The molecule has 0 saturated carbocycles. The van der Waals surface area contributed by atoms with Crippen LogP contribution in [0.2, 0.25) is 0 Å². The second-order valence-corrected chi connectivity index (χ2v) is 7.30. The summed E-state index contributed by atoms with van der Waals surface area (Å²) < 4.78 is 0. The molecule has 0 radical (unpaired) electrons. The molecule has 2 aromatic carbocycles. The monoisotopic (exact) mass is 398 g/mol. The van der Waals surface area contributed by atoms with E-state index in [-0.39, 0.29) is 0 Å². The summed E-state index contributed by atoms with van der Waals surface area (Å²) in [4.78, 5) is 13.2. The molecule has 0 aliphatic heterocycles. The molecule has 0 bridgehead atoms. The number of thiol groups is 1. The number of urea groups is 1. The number of hydrogen-bond acceptors (Lipinski definition) is 4. The van der Waals surface area contributed by atoms with E-state index in [4.69, 9.17) is 5.73 Å². The van der Waals surface area contributed by atoms with Gasteiger partial charge in [-0.25, -0.2) is 4.79 Å². The molecule has 0 heterocycles. The first-order valence-electron chi connectivity index (χ1n) is 9.54. The average Bonchev–Trinajstić information content (AvgIpc) is 3.33. The molecule has 0 saturated heterocycles. The Bertz CT molecular complexity index is 746. The lowest BCUT2D eigenvalue weighted by molar-refractivity contribution is 0.259. The van der Waals surface area contributed by atoms with Gasteiger partial charge in [0.2, 0.25) is 0 Å². The SMILES string of the molecule is CN(C)Cc1cc#ccc1.NC(=O)Nc1c2c(cc3c1CCC3)CCC2.NS. The minimum absolute atomic E-state index is 0.436. The van der Waals surface area contributed by atoms with E-state index in [9.17, 15) is 4.79 Å². The molecule has 5 N–H and O–H groups in total. The molecule has 0 aromatic heterocycles. The van der Waals surface area contributed by atoms with Crippen LogP contribution in [0, 0.1) is 12.1 Å². The molecule has 2 aliphatic rings. The molecule has 2 aliphatic carbocycles. The average molecular weight is 399 g/mol. The van der Waals surface area contributed by atoms with Crippen molar-refractivity contribution in [2.24, 2.45) is 10.9 Å². The van der Waals surface area contributed by atoms with Crippen LogP contribution in [0.3, 0.4) is 0 Å². The lowest BCUT2D eigenvalue weighted by Gasteiger charge is -2.14. The normalized spacial score (nSPS) is 13.3. The molecule has 0 spiro atoms. The Morgan fingerprint density at radius 2 is 1.71 bits per heavy atom. The van der Waals surface area contributed by atoms with Gasteiger partial charge in [0.05, 0.1) is 0 Å². The third-order valence-electron chi connectivity index (χ3n) is 4.94. The zero-order valence-electron chi connectivity index (χ0n) is 16.7. The fourth-order valence-electron chi connectivity index (χ4n) is 3.93. The van der Waals surface area contributed by atoms with Crippen LogP contribution in [0.5, 0.6) is 0 Å². The van der Waals surface area contributed by atoms with E-state index < -0.39 is 6.03 Å². The Balaban J connectivity index is 0.000000202. The number of nitrogens with two attached hydrogens (primary N) is 2. The summed E-state index contributed by atoms with van der Waals surface area (Å²) in [5.74, 6) is 0. The van der Waals surface area contributed by atoms with Crippen molar-refractivity contribution in [1.29, 1.82) is 0 Å². The number of amides is 2. The molecule has 0 fully saturated rings. The molecule has 5 nitrogen and oxygen atoms in total. The van der Waals surface area contributed by atoms with Crippen molar-refractivity contribution >= 4 is 24.5 Å². The number of fused-ring (bicyclic) bond motifs is 2. The van der Waals surface area contributed by atoms with E-state index in [0.717, 1.165) is 37.9 Å². The number of benzene rings is 1. The van der Waals surface area contributed by atoms with Crippen LogP contribution in [-0.2, 0) is 32.2 Å². The van der Waals surface area contributed by atoms with Crippen LogP contribution >= 0.6 is 12.8 Å². The lowest BCUT2D eigenvalue weighted by Crippen LogP contribution is -2.21. The van der Waals surface area contributed by atoms with Crippen molar-refractivity contribution in [2.75, 3.05) is 19.4 Å². The molecular weight excluding hydrogens is 368 g/mol. The Labute approximate surface area is 174 Å². The van der Waals surface area contributed by atoms with Crippen molar-refractivity contribution < 1.29 is 4.79 Å². The molecule has 28 heavy (non-hydrogen) atoms. The third kappa shape index (κ3) is 5.90. The van der Waals surface area contributed by atoms with Gasteiger partial charge < -0.3 is 16.0 Å². The molecule has 4 rings (SSSR count). The van der Waals surface area contributed by atoms with Gasteiger partial charge in [0.25, 0.3) is 0 Å². The second-order valence-electron chi connectivity index (χ2n) is 7.30. The highest BCUT2D eigenvalue weighted by Gasteiger charge is 2.24. The number of carbonyl (C=O) groups excluding carboxylic acids is 1. The molecule has 2 aromatic rings. The number of aryl methyl sites for hydroxylation is 2. The maximum atomic E-state index is 11.1.